The van der Waals surface area contributed by atoms with E-state index in [1.54, 1.807) is 36.4 Å². The van der Waals surface area contributed by atoms with Crippen molar-refractivity contribution >= 4 is 46.5 Å². The van der Waals surface area contributed by atoms with Crippen LogP contribution in [0.15, 0.2) is 73.1 Å². The molecule has 1 saturated heterocycles. The molecule has 0 radical (unpaired) electrons. The van der Waals surface area contributed by atoms with Gasteiger partial charge in [0.2, 0.25) is 17.7 Å². The maximum Gasteiger partial charge on any atom is 0.247 e. The molecule has 1 N–H and O–H groups in total. The molecule has 11 nitrogen and oxygen atoms in total. The highest BCUT2D eigenvalue weighted by atomic mass is 35.5. The van der Waals surface area contributed by atoms with Crippen LogP contribution in [0.25, 0.3) is 5.69 Å². The first-order valence-corrected chi connectivity index (χ1v) is 12.9. The molecular weight excluding hydrogens is 553 g/mol. The molecule has 41 heavy (non-hydrogen) atoms. The Morgan fingerprint density at radius 3 is 2.46 bits per heavy atom. The van der Waals surface area contributed by atoms with E-state index in [4.69, 9.17) is 11.6 Å². The summed E-state index contributed by atoms with van der Waals surface area (Å²) in [6.45, 7) is 0.474. The lowest BCUT2D eigenvalue weighted by Crippen LogP contribution is -2.60. The zero-order valence-electron chi connectivity index (χ0n) is 21.7. The van der Waals surface area contributed by atoms with Crippen LogP contribution in [0.5, 0.6) is 0 Å². The van der Waals surface area contributed by atoms with Crippen LogP contribution in [0.1, 0.15) is 22.8 Å². The van der Waals surface area contributed by atoms with Crippen LogP contribution in [0.4, 0.5) is 15.8 Å². The minimum Gasteiger partial charge on any atom is -0.324 e. The number of hydrogen-bond acceptors (Lipinski definition) is 7. The Morgan fingerprint density at radius 1 is 1.00 bits per heavy atom. The van der Waals surface area contributed by atoms with Crippen molar-refractivity contribution in [2.45, 2.75) is 19.4 Å². The molecule has 2 heterocycles. The lowest BCUT2D eigenvalue weighted by Gasteiger charge is -2.38. The smallest absolute Gasteiger partial charge is 0.247 e. The maximum absolute atomic E-state index is 14.4. The van der Waals surface area contributed by atoms with Gasteiger partial charge in [-0.05, 0) is 59.3 Å². The Labute approximate surface area is 238 Å². The minimum atomic E-state index is -1.09. The van der Waals surface area contributed by atoms with E-state index in [0.717, 1.165) is 11.6 Å². The highest BCUT2D eigenvalue weighted by Gasteiger charge is 2.39. The molecule has 1 fully saturated rings. The van der Waals surface area contributed by atoms with Crippen molar-refractivity contribution in [3.05, 3.63) is 95.0 Å². The molecular formula is C28H23ClFN7O4. The van der Waals surface area contributed by atoms with E-state index in [0.29, 0.717) is 16.4 Å². The number of aromatic nitrogens is 4. The number of amides is 3. The van der Waals surface area contributed by atoms with Crippen LogP contribution in [-0.4, -0.2) is 67.7 Å². The van der Waals surface area contributed by atoms with E-state index in [-0.39, 0.29) is 24.2 Å². The van der Waals surface area contributed by atoms with Gasteiger partial charge >= 0.3 is 0 Å². The van der Waals surface area contributed by atoms with Crippen molar-refractivity contribution in [3.63, 3.8) is 0 Å². The van der Waals surface area contributed by atoms with Crippen molar-refractivity contribution < 1.29 is 23.6 Å². The SMILES string of the molecule is CC(=O)c1ccc(NC(=O)C(Cc2ccccc2)N2CC(=O)N(c3cc(Cl)ccc3-n3cnnn3)CC2=O)cc1F. The van der Waals surface area contributed by atoms with Gasteiger partial charge in [0.1, 0.15) is 31.3 Å². The minimum absolute atomic E-state index is 0.104. The number of halogens is 2. The summed E-state index contributed by atoms with van der Waals surface area (Å²) in [7, 11) is 0. The molecule has 1 aliphatic heterocycles. The Bertz CT molecular complexity index is 1630. The van der Waals surface area contributed by atoms with Gasteiger partial charge in [0, 0.05) is 17.1 Å². The van der Waals surface area contributed by atoms with Crippen LogP contribution in [0, 0.1) is 5.82 Å². The number of hydrogen-bond donors (Lipinski definition) is 1. The van der Waals surface area contributed by atoms with E-state index < -0.39 is 41.9 Å². The molecule has 0 saturated carbocycles. The zero-order chi connectivity index (χ0) is 29.1. The number of Topliss-reactive ketones (excluding diaryl/α,β-unsaturated/α-hetero) is 1. The summed E-state index contributed by atoms with van der Waals surface area (Å²) in [6.07, 6.45) is 1.45. The fourth-order valence-electron chi connectivity index (χ4n) is 4.60. The van der Waals surface area contributed by atoms with Gasteiger partial charge in [0.25, 0.3) is 0 Å². The number of carbonyl (C=O) groups excluding carboxylic acids is 4. The summed E-state index contributed by atoms with van der Waals surface area (Å²) in [6, 6.07) is 16.4. The fourth-order valence-corrected chi connectivity index (χ4v) is 4.77. The molecule has 5 rings (SSSR count). The van der Waals surface area contributed by atoms with Crippen LogP contribution < -0.4 is 10.2 Å². The Morgan fingerprint density at radius 2 is 1.78 bits per heavy atom. The fraction of sp³-hybridized carbons (Fsp3) is 0.179. The highest BCUT2D eigenvalue weighted by molar-refractivity contribution is 6.31. The Balaban J connectivity index is 1.43. The molecule has 1 aliphatic rings. The number of ketones is 1. The monoisotopic (exact) mass is 575 g/mol. The number of tetrazole rings is 1. The number of nitrogens with one attached hydrogen (secondary N) is 1. The van der Waals surface area contributed by atoms with Crippen LogP contribution in [0.3, 0.4) is 0 Å². The normalized spacial score (nSPS) is 14.2. The Hall–Kier alpha value is -4.97. The molecule has 0 aliphatic carbocycles. The average molecular weight is 576 g/mol. The second-order valence-corrected chi connectivity index (χ2v) is 9.77. The number of carbonyl (C=O) groups is 4. The first kappa shape index (κ1) is 27.6. The van der Waals surface area contributed by atoms with Gasteiger partial charge < -0.3 is 10.2 Å². The molecule has 13 heteroatoms. The quantitative estimate of drug-likeness (QED) is 0.320. The van der Waals surface area contributed by atoms with Crippen molar-refractivity contribution in [1.82, 2.24) is 25.1 Å². The van der Waals surface area contributed by atoms with Crippen molar-refractivity contribution in [1.29, 1.82) is 0 Å². The molecule has 1 atom stereocenters. The zero-order valence-corrected chi connectivity index (χ0v) is 22.5. The van der Waals surface area contributed by atoms with Crippen LogP contribution in [-0.2, 0) is 20.8 Å². The topological polar surface area (TPSA) is 130 Å². The van der Waals surface area contributed by atoms with Gasteiger partial charge in [-0.2, -0.15) is 4.68 Å². The van der Waals surface area contributed by atoms with E-state index in [1.807, 2.05) is 6.07 Å². The molecule has 3 aromatic carbocycles. The summed E-state index contributed by atoms with van der Waals surface area (Å²) in [4.78, 5) is 54.6. The van der Waals surface area contributed by atoms with Gasteiger partial charge in [-0.25, -0.2) is 4.39 Å². The lowest BCUT2D eigenvalue weighted by molar-refractivity contribution is -0.143. The first-order valence-electron chi connectivity index (χ1n) is 12.5. The second-order valence-electron chi connectivity index (χ2n) is 9.33. The highest BCUT2D eigenvalue weighted by Crippen LogP contribution is 2.30. The van der Waals surface area contributed by atoms with Gasteiger partial charge in [-0.1, -0.05) is 41.9 Å². The van der Waals surface area contributed by atoms with Crippen molar-refractivity contribution in [2.24, 2.45) is 0 Å². The molecule has 1 aromatic heterocycles. The molecule has 0 bridgehead atoms. The molecule has 1 unspecified atom stereocenters. The Kier molecular flexibility index (Phi) is 7.83. The summed E-state index contributed by atoms with van der Waals surface area (Å²) in [5, 5.41) is 14.1. The van der Waals surface area contributed by atoms with Gasteiger partial charge in [0.15, 0.2) is 5.78 Å². The lowest BCUT2D eigenvalue weighted by atomic mass is 10.0. The van der Waals surface area contributed by atoms with Gasteiger partial charge in [0.05, 0.1) is 16.9 Å². The van der Waals surface area contributed by atoms with Crippen LogP contribution >= 0.6 is 11.6 Å². The number of nitrogens with zero attached hydrogens (tertiary/aromatic N) is 6. The number of rotatable bonds is 8. The van der Waals surface area contributed by atoms with E-state index in [2.05, 4.69) is 20.8 Å². The largest absolute Gasteiger partial charge is 0.324 e. The third kappa shape index (κ3) is 5.97. The van der Waals surface area contributed by atoms with Gasteiger partial charge in [-0.15, -0.1) is 5.10 Å². The van der Waals surface area contributed by atoms with E-state index >= 15 is 0 Å². The third-order valence-electron chi connectivity index (χ3n) is 6.61. The summed E-state index contributed by atoms with van der Waals surface area (Å²) >= 11 is 6.22. The van der Waals surface area contributed by atoms with Crippen molar-refractivity contribution in [2.75, 3.05) is 23.3 Å². The molecule has 4 aromatic rings. The summed E-state index contributed by atoms with van der Waals surface area (Å²) in [5.74, 6) is -2.79. The average Bonchev–Trinajstić information content (AvgIpc) is 3.48. The van der Waals surface area contributed by atoms with Gasteiger partial charge in [-0.3, -0.25) is 24.1 Å². The molecule has 0 spiro atoms. The summed E-state index contributed by atoms with van der Waals surface area (Å²) < 4.78 is 15.8. The standard InChI is InChI=1S/C28H23ClFN7O4/c1-17(38)21-9-8-20(13-22(21)30)32-28(41)25(11-18-5-3-2-4-6-18)36-15-26(39)35(14-27(36)40)24-12-19(29)7-10-23(24)37-16-31-33-34-37/h2-10,12-13,16,25H,11,14-15H2,1H3,(H,32,41). The van der Waals surface area contributed by atoms with Crippen molar-refractivity contribution in [3.8, 4) is 5.69 Å². The first-order chi connectivity index (χ1) is 19.7. The second kappa shape index (κ2) is 11.6. The number of piperazine rings is 1. The van der Waals surface area contributed by atoms with E-state index in [1.165, 1.54) is 45.9 Å². The number of anilines is 2. The summed E-state index contributed by atoms with van der Waals surface area (Å²) in [5.41, 5.74) is 1.52. The maximum atomic E-state index is 14.4. The predicted molar refractivity (Wildman–Crippen MR) is 147 cm³/mol. The van der Waals surface area contributed by atoms with E-state index in [9.17, 15) is 23.6 Å². The number of benzene rings is 3. The molecule has 208 valence electrons. The van der Waals surface area contributed by atoms with Crippen LogP contribution in [0.2, 0.25) is 5.02 Å². The molecule has 3 amide bonds. The predicted octanol–water partition coefficient (Wildman–Crippen LogP) is 3.08. The third-order valence-corrected chi connectivity index (χ3v) is 6.85.